The molecule has 18 heavy (non-hydrogen) atoms. The Morgan fingerprint density at radius 2 is 1.89 bits per heavy atom. The van der Waals surface area contributed by atoms with Gasteiger partial charge in [0.2, 0.25) is 5.91 Å². The molecule has 0 unspecified atom stereocenters. The molecule has 0 spiro atoms. The van der Waals surface area contributed by atoms with Crippen molar-refractivity contribution in [2.75, 3.05) is 0 Å². The number of carboxylic acid groups (broad SMARTS) is 1. The van der Waals surface area contributed by atoms with E-state index in [1.54, 1.807) is 18.2 Å². The summed E-state index contributed by atoms with van der Waals surface area (Å²) in [5.74, 6) is -1.63. The number of halogens is 2. The highest BCUT2D eigenvalue weighted by Gasteiger charge is 2.12. The second-order valence-electron chi connectivity index (χ2n) is 3.54. The molecule has 1 atom stereocenters. The topological polar surface area (TPSA) is 66.4 Å². The minimum atomic E-state index is -1.10. The maximum atomic E-state index is 11.4. The van der Waals surface area contributed by atoms with Gasteiger partial charge in [0, 0.05) is 21.7 Å². The van der Waals surface area contributed by atoms with E-state index in [0.29, 0.717) is 15.6 Å². The van der Waals surface area contributed by atoms with Crippen LogP contribution in [-0.4, -0.2) is 23.0 Å². The summed E-state index contributed by atoms with van der Waals surface area (Å²) in [6, 6.07) is 4.02. The Bertz CT molecular complexity index is 480. The average molecular weight is 288 g/mol. The Morgan fingerprint density at radius 1 is 1.33 bits per heavy atom. The van der Waals surface area contributed by atoms with Gasteiger partial charge >= 0.3 is 5.97 Å². The number of aliphatic carboxylic acids is 1. The summed E-state index contributed by atoms with van der Waals surface area (Å²) in [4.78, 5) is 21.9. The molecule has 0 aliphatic heterocycles. The summed E-state index contributed by atoms with van der Waals surface area (Å²) in [6.45, 7) is 1.37. The molecule has 96 valence electrons. The van der Waals surface area contributed by atoms with Gasteiger partial charge in [0.05, 0.1) is 0 Å². The molecule has 1 aromatic rings. The van der Waals surface area contributed by atoms with Gasteiger partial charge in [-0.2, -0.15) is 0 Å². The van der Waals surface area contributed by atoms with Gasteiger partial charge < -0.3 is 10.4 Å². The molecule has 0 aliphatic carbocycles. The maximum Gasteiger partial charge on any atom is 0.325 e. The van der Waals surface area contributed by atoms with E-state index in [0.717, 1.165) is 0 Å². The van der Waals surface area contributed by atoms with Crippen LogP contribution in [0.15, 0.2) is 24.3 Å². The summed E-state index contributed by atoms with van der Waals surface area (Å²) < 4.78 is 0. The number of amides is 1. The zero-order valence-corrected chi connectivity index (χ0v) is 11.0. The maximum absolute atomic E-state index is 11.4. The van der Waals surface area contributed by atoms with Gasteiger partial charge in [-0.05, 0) is 25.1 Å². The Morgan fingerprint density at radius 3 is 2.39 bits per heavy atom. The molecule has 0 saturated heterocycles. The van der Waals surface area contributed by atoms with Crippen molar-refractivity contribution >= 4 is 41.2 Å². The van der Waals surface area contributed by atoms with E-state index in [9.17, 15) is 9.59 Å². The molecule has 0 radical (unpaired) electrons. The van der Waals surface area contributed by atoms with Crippen molar-refractivity contribution in [3.63, 3.8) is 0 Å². The molecule has 0 bridgehead atoms. The standard InChI is InChI=1S/C12H11Cl2NO3/c1-7(12(17)18)15-11(16)6-5-8-9(13)3-2-4-10(8)14/h2-7H,1H3,(H,15,16)(H,17,18)/b6-5+/t7-/m0/s1. The summed E-state index contributed by atoms with van der Waals surface area (Å²) in [5.41, 5.74) is 0.513. The average Bonchev–Trinajstić information content (AvgIpc) is 2.28. The second kappa shape index (κ2) is 6.42. The van der Waals surface area contributed by atoms with Crippen LogP contribution >= 0.6 is 23.2 Å². The highest BCUT2D eigenvalue weighted by molar-refractivity contribution is 6.37. The van der Waals surface area contributed by atoms with E-state index >= 15 is 0 Å². The molecular formula is C12H11Cl2NO3. The lowest BCUT2D eigenvalue weighted by atomic mass is 10.2. The molecule has 1 aromatic carbocycles. The molecule has 1 amide bonds. The summed E-state index contributed by atoms with van der Waals surface area (Å²) in [6.07, 6.45) is 2.63. The van der Waals surface area contributed by atoms with E-state index in [2.05, 4.69) is 5.32 Å². The van der Waals surface area contributed by atoms with Gasteiger partial charge in [-0.3, -0.25) is 9.59 Å². The van der Waals surface area contributed by atoms with Gasteiger partial charge in [0.15, 0.2) is 0 Å². The predicted octanol–water partition coefficient (Wildman–Crippen LogP) is 2.60. The third-order valence-electron chi connectivity index (χ3n) is 2.13. The van der Waals surface area contributed by atoms with Gasteiger partial charge in [-0.1, -0.05) is 29.3 Å². The normalized spacial score (nSPS) is 12.4. The zero-order valence-electron chi connectivity index (χ0n) is 9.48. The number of rotatable bonds is 4. The fraction of sp³-hybridized carbons (Fsp3) is 0.167. The van der Waals surface area contributed by atoms with Gasteiger partial charge in [-0.15, -0.1) is 0 Å². The van der Waals surface area contributed by atoms with Gasteiger partial charge in [-0.25, -0.2) is 0 Å². The van der Waals surface area contributed by atoms with Crippen LogP contribution in [-0.2, 0) is 9.59 Å². The first kappa shape index (κ1) is 14.5. The Kier molecular flexibility index (Phi) is 5.19. The lowest BCUT2D eigenvalue weighted by Crippen LogP contribution is -2.37. The van der Waals surface area contributed by atoms with Crippen molar-refractivity contribution < 1.29 is 14.7 Å². The largest absolute Gasteiger partial charge is 0.480 e. The number of nitrogens with one attached hydrogen (secondary N) is 1. The number of carboxylic acids is 1. The minimum Gasteiger partial charge on any atom is -0.480 e. The zero-order chi connectivity index (χ0) is 13.7. The van der Waals surface area contributed by atoms with Crippen molar-refractivity contribution in [3.05, 3.63) is 39.9 Å². The van der Waals surface area contributed by atoms with E-state index in [1.807, 2.05) is 0 Å². The fourth-order valence-corrected chi connectivity index (χ4v) is 1.68. The van der Waals surface area contributed by atoms with E-state index in [4.69, 9.17) is 28.3 Å². The minimum absolute atomic E-state index is 0.415. The van der Waals surface area contributed by atoms with Crippen LogP contribution in [0.4, 0.5) is 0 Å². The monoisotopic (exact) mass is 287 g/mol. The number of hydrogen-bond acceptors (Lipinski definition) is 2. The number of carbonyl (C=O) groups is 2. The van der Waals surface area contributed by atoms with Gasteiger partial charge in [0.1, 0.15) is 6.04 Å². The Hall–Kier alpha value is -1.52. The lowest BCUT2D eigenvalue weighted by Gasteiger charge is -2.06. The Labute approximate surface area is 114 Å². The first-order valence-corrected chi connectivity index (χ1v) is 5.83. The third kappa shape index (κ3) is 4.05. The van der Waals surface area contributed by atoms with Crippen LogP contribution < -0.4 is 5.32 Å². The number of benzene rings is 1. The van der Waals surface area contributed by atoms with Crippen molar-refractivity contribution in [2.24, 2.45) is 0 Å². The molecule has 2 N–H and O–H groups in total. The number of carbonyl (C=O) groups excluding carboxylic acids is 1. The van der Waals surface area contributed by atoms with Crippen molar-refractivity contribution in [2.45, 2.75) is 13.0 Å². The molecule has 4 nitrogen and oxygen atoms in total. The molecule has 0 saturated carbocycles. The van der Waals surface area contributed by atoms with Crippen LogP contribution in [0.1, 0.15) is 12.5 Å². The third-order valence-corrected chi connectivity index (χ3v) is 2.79. The van der Waals surface area contributed by atoms with Crippen LogP contribution in [0.2, 0.25) is 10.0 Å². The molecule has 0 heterocycles. The quantitative estimate of drug-likeness (QED) is 0.837. The summed E-state index contributed by atoms with van der Waals surface area (Å²) in [5, 5.41) is 11.7. The summed E-state index contributed by atoms with van der Waals surface area (Å²) in [7, 11) is 0. The molecule has 0 fully saturated rings. The van der Waals surface area contributed by atoms with Crippen LogP contribution in [0.25, 0.3) is 6.08 Å². The SMILES string of the molecule is C[C@H](NC(=O)/C=C/c1c(Cl)cccc1Cl)C(=O)O. The smallest absolute Gasteiger partial charge is 0.325 e. The molecule has 0 aromatic heterocycles. The van der Waals surface area contributed by atoms with Crippen LogP contribution in [0.5, 0.6) is 0 Å². The van der Waals surface area contributed by atoms with Crippen LogP contribution in [0, 0.1) is 0 Å². The van der Waals surface area contributed by atoms with E-state index in [-0.39, 0.29) is 0 Å². The highest BCUT2D eigenvalue weighted by atomic mass is 35.5. The number of hydrogen-bond donors (Lipinski definition) is 2. The molecule has 6 heteroatoms. The highest BCUT2D eigenvalue weighted by Crippen LogP contribution is 2.25. The van der Waals surface area contributed by atoms with Crippen molar-refractivity contribution in [1.29, 1.82) is 0 Å². The van der Waals surface area contributed by atoms with Crippen molar-refractivity contribution in [3.8, 4) is 0 Å². The van der Waals surface area contributed by atoms with Crippen LogP contribution in [0.3, 0.4) is 0 Å². The second-order valence-corrected chi connectivity index (χ2v) is 4.35. The van der Waals surface area contributed by atoms with E-state index in [1.165, 1.54) is 19.1 Å². The van der Waals surface area contributed by atoms with Crippen molar-refractivity contribution in [1.82, 2.24) is 5.32 Å². The molecule has 1 rings (SSSR count). The van der Waals surface area contributed by atoms with Gasteiger partial charge in [0.25, 0.3) is 0 Å². The van der Waals surface area contributed by atoms with E-state index < -0.39 is 17.9 Å². The summed E-state index contributed by atoms with van der Waals surface area (Å²) >= 11 is 11.8. The molecule has 0 aliphatic rings. The first-order valence-electron chi connectivity index (χ1n) is 5.07. The predicted molar refractivity (Wildman–Crippen MR) is 70.7 cm³/mol. The fourth-order valence-electron chi connectivity index (χ4n) is 1.15. The molecular weight excluding hydrogens is 277 g/mol. The Balaban J connectivity index is 2.75. The lowest BCUT2D eigenvalue weighted by molar-refractivity contribution is -0.140. The first-order chi connectivity index (χ1) is 8.41.